The Bertz CT molecular complexity index is 357. The van der Waals surface area contributed by atoms with Gasteiger partial charge in [-0.3, -0.25) is 4.79 Å². The molecule has 0 aliphatic heterocycles. The van der Waals surface area contributed by atoms with Gasteiger partial charge in [-0.1, -0.05) is 27.2 Å². The van der Waals surface area contributed by atoms with Crippen molar-refractivity contribution in [1.29, 1.82) is 0 Å². The monoisotopic (exact) mass is 302 g/mol. The van der Waals surface area contributed by atoms with Crippen LogP contribution in [0.3, 0.4) is 0 Å². The Kier molecular flexibility index (Phi) is 9.16. The van der Waals surface area contributed by atoms with Gasteiger partial charge < -0.3 is 20.5 Å². The topological polar surface area (TPSA) is 105 Å². The van der Waals surface area contributed by atoms with Crippen LogP contribution in [0.5, 0.6) is 0 Å². The molecule has 0 bridgehead atoms. The molecule has 0 spiro atoms. The lowest BCUT2D eigenvalue weighted by atomic mass is 10.0. The minimum Gasteiger partial charge on any atom is -0.481 e. The van der Waals surface area contributed by atoms with Gasteiger partial charge in [-0.2, -0.15) is 0 Å². The zero-order valence-corrected chi connectivity index (χ0v) is 13.1. The van der Waals surface area contributed by atoms with E-state index in [2.05, 4.69) is 15.4 Å². The lowest BCUT2D eigenvalue weighted by Gasteiger charge is -2.19. The molecule has 2 atom stereocenters. The largest absolute Gasteiger partial charge is 0.481 e. The van der Waals surface area contributed by atoms with Gasteiger partial charge in [-0.25, -0.2) is 9.59 Å². The maximum absolute atomic E-state index is 11.8. The predicted octanol–water partition coefficient (Wildman–Crippen LogP) is 1.37. The third kappa shape index (κ3) is 8.16. The van der Waals surface area contributed by atoms with Crippen LogP contribution in [-0.2, 0) is 14.3 Å². The van der Waals surface area contributed by atoms with Gasteiger partial charge in [-0.05, 0) is 18.8 Å². The molecule has 3 N–H and O–H groups in total. The molecule has 0 aliphatic carbocycles. The van der Waals surface area contributed by atoms with E-state index in [4.69, 9.17) is 5.11 Å². The molecule has 0 heterocycles. The minimum absolute atomic E-state index is 0.0323. The normalized spacial score (nSPS) is 13.4. The van der Waals surface area contributed by atoms with Crippen molar-refractivity contribution in [2.24, 2.45) is 11.8 Å². The van der Waals surface area contributed by atoms with Crippen molar-refractivity contribution >= 4 is 18.0 Å². The first-order chi connectivity index (χ1) is 9.81. The molecule has 122 valence electrons. The van der Waals surface area contributed by atoms with E-state index in [9.17, 15) is 14.4 Å². The molecule has 0 aromatic rings. The number of esters is 1. The SMILES string of the molecule is CCCC(CNC(=O)NC(CC(C)C)C(=O)OC)C(=O)O. The Morgan fingerprint density at radius 3 is 2.29 bits per heavy atom. The van der Waals surface area contributed by atoms with Crippen LogP contribution in [-0.4, -0.2) is 42.8 Å². The maximum Gasteiger partial charge on any atom is 0.328 e. The number of carboxylic acid groups (broad SMARTS) is 1. The maximum atomic E-state index is 11.8. The summed E-state index contributed by atoms with van der Waals surface area (Å²) in [7, 11) is 1.26. The Hall–Kier alpha value is -1.79. The summed E-state index contributed by atoms with van der Waals surface area (Å²) in [5.74, 6) is -1.87. The molecule has 0 aromatic heterocycles. The number of hydrogen-bond donors (Lipinski definition) is 3. The summed E-state index contributed by atoms with van der Waals surface area (Å²) in [6.45, 7) is 5.77. The Morgan fingerprint density at radius 1 is 1.24 bits per heavy atom. The van der Waals surface area contributed by atoms with Crippen LogP contribution in [0.1, 0.15) is 40.0 Å². The number of nitrogens with one attached hydrogen (secondary N) is 2. The number of amides is 2. The number of carbonyl (C=O) groups excluding carboxylic acids is 2. The van der Waals surface area contributed by atoms with E-state index in [1.54, 1.807) is 0 Å². The Balaban J connectivity index is 4.42. The van der Waals surface area contributed by atoms with Crippen LogP contribution in [0.15, 0.2) is 0 Å². The first-order valence-corrected chi connectivity index (χ1v) is 7.16. The first kappa shape index (κ1) is 19.2. The van der Waals surface area contributed by atoms with Gasteiger partial charge in [0.25, 0.3) is 0 Å². The van der Waals surface area contributed by atoms with Gasteiger partial charge in [0, 0.05) is 6.54 Å². The van der Waals surface area contributed by atoms with Gasteiger partial charge in [0.05, 0.1) is 13.0 Å². The van der Waals surface area contributed by atoms with E-state index < -0.39 is 29.9 Å². The number of methoxy groups -OCH3 is 1. The number of rotatable bonds is 9. The summed E-state index contributed by atoms with van der Waals surface area (Å²) in [6.07, 6.45) is 1.66. The highest BCUT2D eigenvalue weighted by Crippen LogP contribution is 2.07. The zero-order valence-electron chi connectivity index (χ0n) is 13.1. The number of carbonyl (C=O) groups is 3. The van der Waals surface area contributed by atoms with Crippen molar-refractivity contribution in [1.82, 2.24) is 10.6 Å². The standard InChI is InChI=1S/C14H26N2O5/c1-5-6-10(12(17)18)8-15-14(20)16-11(7-9(2)3)13(19)21-4/h9-11H,5-8H2,1-4H3,(H,17,18)(H2,15,16,20). The fourth-order valence-corrected chi connectivity index (χ4v) is 1.91. The van der Waals surface area contributed by atoms with Crippen molar-refractivity contribution in [3.05, 3.63) is 0 Å². The fourth-order valence-electron chi connectivity index (χ4n) is 1.91. The average Bonchev–Trinajstić information content (AvgIpc) is 2.40. The minimum atomic E-state index is -0.941. The molecular weight excluding hydrogens is 276 g/mol. The molecule has 0 radical (unpaired) electrons. The van der Waals surface area contributed by atoms with Crippen molar-refractivity contribution in [2.45, 2.75) is 46.1 Å². The first-order valence-electron chi connectivity index (χ1n) is 7.16. The van der Waals surface area contributed by atoms with Crippen LogP contribution < -0.4 is 10.6 Å². The predicted molar refractivity (Wildman–Crippen MR) is 77.8 cm³/mol. The summed E-state index contributed by atoms with van der Waals surface area (Å²) in [6, 6.07) is -1.29. The lowest BCUT2D eigenvalue weighted by Crippen LogP contribution is -2.48. The van der Waals surface area contributed by atoms with Crippen LogP contribution in [0.4, 0.5) is 4.79 Å². The highest BCUT2D eigenvalue weighted by molar-refractivity contribution is 5.83. The third-order valence-electron chi connectivity index (χ3n) is 2.99. The second kappa shape index (κ2) is 10.0. The van der Waals surface area contributed by atoms with Crippen molar-refractivity contribution in [3.63, 3.8) is 0 Å². The Labute approximate surface area is 125 Å². The second-order valence-corrected chi connectivity index (χ2v) is 5.38. The number of aliphatic carboxylic acids is 1. The molecule has 0 saturated heterocycles. The van der Waals surface area contributed by atoms with Gasteiger partial charge in [0.15, 0.2) is 0 Å². The molecule has 0 saturated carbocycles. The molecule has 0 aliphatic rings. The summed E-state index contributed by atoms with van der Waals surface area (Å²) < 4.78 is 4.64. The van der Waals surface area contributed by atoms with Crippen molar-refractivity contribution in [3.8, 4) is 0 Å². The third-order valence-corrected chi connectivity index (χ3v) is 2.99. The van der Waals surface area contributed by atoms with Gasteiger partial charge in [-0.15, -0.1) is 0 Å². The molecule has 0 aromatic carbocycles. The fraction of sp³-hybridized carbons (Fsp3) is 0.786. The molecule has 2 amide bonds. The molecule has 7 heteroatoms. The van der Waals surface area contributed by atoms with E-state index in [-0.39, 0.29) is 12.5 Å². The van der Waals surface area contributed by atoms with E-state index >= 15 is 0 Å². The summed E-state index contributed by atoms with van der Waals surface area (Å²) >= 11 is 0. The van der Waals surface area contributed by atoms with Gasteiger partial charge in [0.1, 0.15) is 6.04 Å². The second-order valence-electron chi connectivity index (χ2n) is 5.38. The number of hydrogen-bond acceptors (Lipinski definition) is 4. The summed E-state index contributed by atoms with van der Waals surface area (Å²) in [5, 5.41) is 14.0. The molecule has 21 heavy (non-hydrogen) atoms. The van der Waals surface area contributed by atoms with E-state index in [0.29, 0.717) is 12.8 Å². The van der Waals surface area contributed by atoms with Crippen LogP contribution in [0.25, 0.3) is 0 Å². The summed E-state index contributed by atoms with van der Waals surface area (Å²) in [5.41, 5.74) is 0. The Morgan fingerprint density at radius 2 is 1.86 bits per heavy atom. The van der Waals surface area contributed by atoms with E-state index in [1.807, 2.05) is 20.8 Å². The van der Waals surface area contributed by atoms with Crippen molar-refractivity contribution < 1.29 is 24.2 Å². The highest BCUT2D eigenvalue weighted by atomic mass is 16.5. The summed E-state index contributed by atoms with van der Waals surface area (Å²) in [4.78, 5) is 34.3. The molecule has 0 rings (SSSR count). The smallest absolute Gasteiger partial charge is 0.328 e. The molecule has 7 nitrogen and oxygen atoms in total. The average molecular weight is 302 g/mol. The van der Waals surface area contributed by atoms with Gasteiger partial charge >= 0.3 is 18.0 Å². The van der Waals surface area contributed by atoms with Crippen LogP contribution in [0, 0.1) is 11.8 Å². The molecular formula is C14H26N2O5. The lowest BCUT2D eigenvalue weighted by molar-refractivity contribution is -0.143. The number of urea groups is 1. The van der Waals surface area contributed by atoms with E-state index in [1.165, 1.54) is 7.11 Å². The van der Waals surface area contributed by atoms with Crippen molar-refractivity contribution in [2.75, 3.05) is 13.7 Å². The number of ether oxygens (including phenoxy) is 1. The zero-order chi connectivity index (χ0) is 16.4. The molecule has 0 fully saturated rings. The quantitative estimate of drug-likeness (QED) is 0.558. The highest BCUT2D eigenvalue weighted by Gasteiger charge is 2.23. The van der Waals surface area contributed by atoms with E-state index in [0.717, 1.165) is 6.42 Å². The van der Waals surface area contributed by atoms with Gasteiger partial charge in [0.2, 0.25) is 0 Å². The van der Waals surface area contributed by atoms with Crippen LogP contribution >= 0.6 is 0 Å². The number of carboxylic acids is 1. The van der Waals surface area contributed by atoms with Crippen LogP contribution in [0.2, 0.25) is 0 Å². The molecule has 2 unspecified atom stereocenters.